The molecule has 4 atom stereocenters. The predicted molar refractivity (Wildman–Crippen MR) is 109 cm³/mol. The minimum absolute atomic E-state index is 0.0185. The number of rotatable bonds is 2. The Hall–Kier alpha value is -1.81. The number of urea groups is 1. The van der Waals surface area contributed by atoms with E-state index >= 15 is 0 Å². The molecule has 0 aliphatic carbocycles. The molecule has 4 rings (SSSR count). The van der Waals surface area contributed by atoms with Crippen LogP contribution >= 0.6 is 15.9 Å². The lowest BCUT2D eigenvalue weighted by Crippen LogP contribution is -2.54. The van der Waals surface area contributed by atoms with Crippen molar-refractivity contribution >= 4 is 27.7 Å². The van der Waals surface area contributed by atoms with E-state index in [0.29, 0.717) is 43.4 Å². The first-order valence-electron chi connectivity index (χ1n) is 10.4. The van der Waals surface area contributed by atoms with E-state index in [9.17, 15) is 22.8 Å². The van der Waals surface area contributed by atoms with Crippen LogP contribution in [0.25, 0.3) is 0 Å². The topological polar surface area (TPSA) is 59.1 Å². The molecule has 1 aromatic rings. The molecule has 3 heterocycles. The Morgan fingerprint density at radius 1 is 1.26 bits per heavy atom. The molecule has 0 bridgehead atoms. The summed E-state index contributed by atoms with van der Waals surface area (Å²) in [7, 11) is 0. The van der Waals surface area contributed by atoms with Crippen molar-refractivity contribution in [2.45, 2.75) is 50.6 Å². The molecular formula is C21H24BrF3N2O4. The van der Waals surface area contributed by atoms with E-state index in [2.05, 4.69) is 15.9 Å². The highest BCUT2D eigenvalue weighted by Gasteiger charge is 2.42. The molecule has 2 amide bonds. The fraction of sp³-hybridized carbons (Fsp3) is 0.619. The van der Waals surface area contributed by atoms with E-state index < -0.39 is 17.8 Å². The molecule has 170 valence electrons. The Morgan fingerprint density at radius 2 is 2.03 bits per heavy atom. The Morgan fingerprint density at radius 3 is 2.77 bits per heavy atom. The Bertz CT molecular complexity index is 866. The molecular weight excluding hydrogens is 481 g/mol. The first-order chi connectivity index (χ1) is 14.6. The van der Waals surface area contributed by atoms with Crippen molar-refractivity contribution < 1.29 is 32.2 Å². The van der Waals surface area contributed by atoms with Crippen molar-refractivity contribution in [3.63, 3.8) is 0 Å². The van der Waals surface area contributed by atoms with Gasteiger partial charge in [0, 0.05) is 38.4 Å². The van der Waals surface area contributed by atoms with Crippen LogP contribution in [-0.2, 0) is 15.7 Å². The number of benzene rings is 1. The van der Waals surface area contributed by atoms with Crippen LogP contribution in [0.5, 0.6) is 5.75 Å². The number of amides is 2. The largest absolute Gasteiger partial charge is 0.487 e. The highest BCUT2D eigenvalue weighted by atomic mass is 79.9. The fourth-order valence-electron chi connectivity index (χ4n) is 4.61. The Labute approximate surface area is 186 Å². The van der Waals surface area contributed by atoms with E-state index in [4.69, 9.17) is 9.47 Å². The number of fused-ring (bicyclic) bond motifs is 1. The second kappa shape index (κ2) is 8.61. The van der Waals surface area contributed by atoms with Gasteiger partial charge in [-0.1, -0.05) is 0 Å². The number of halogens is 4. The normalized spacial score (nSPS) is 29.1. The molecule has 3 saturated heterocycles. The molecule has 1 aromatic carbocycles. The molecule has 0 N–H and O–H groups in total. The number of carbonyl (C=O) groups excluding carboxylic acids is 2. The fourth-order valence-corrected chi connectivity index (χ4v) is 4.95. The summed E-state index contributed by atoms with van der Waals surface area (Å²) < 4.78 is 51.1. The van der Waals surface area contributed by atoms with Gasteiger partial charge in [0.2, 0.25) is 0 Å². The lowest BCUT2D eigenvalue weighted by atomic mass is 9.88. The zero-order valence-corrected chi connectivity index (χ0v) is 18.6. The van der Waals surface area contributed by atoms with Gasteiger partial charge >= 0.3 is 12.2 Å². The average molecular weight is 505 g/mol. The second-order valence-electron chi connectivity index (χ2n) is 8.39. The van der Waals surface area contributed by atoms with E-state index in [-0.39, 0.29) is 42.2 Å². The van der Waals surface area contributed by atoms with Gasteiger partial charge in [0.15, 0.2) is 5.78 Å². The number of hydrogen-bond donors (Lipinski definition) is 0. The third kappa shape index (κ3) is 4.69. The molecule has 3 aliphatic heterocycles. The third-order valence-electron chi connectivity index (χ3n) is 6.35. The van der Waals surface area contributed by atoms with E-state index in [1.807, 2.05) is 6.92 Å². The number of hydrogen-bond acceptors (Lipinski definition) is 4. The van der Waals surface area contributed by atoms with E-state index in [1.54, 1.807) is 9.80 Å². The van der Waals surface area contributed by atoms with Gasteiger partial charge < -0.3 is 19.3 Å². The summed E-state index contributed by atoms with van der Waals surface area (Å²) in [6.07, 6.45) is -3.20. The monoisotopic (exact) mass is 504 g/mol. The average Bonchev–Trinajstić information content (AvgIpc) is 3.07. The number of piperidine rings is 1. The molecule has 31 heavy (non-hydrogen) atoms. The maximum absolute atomic E-state index is 13.1. The number of likely N-dealkylation sites (tertiary alicyclic amines) is 2. The van der Waals surface area contributed by atoms with Gasteiger partial charge in [0.1, 0.15) is 18.5 Å². The van der Waals surface area contributed by atoms with Crippen molar-refractivity contribution in [3.05, 3.63) is 28.2 Å². The van der Waals surface area contributed by atoms with Crippen LogP contribution in [0.1, 0.15) is 31.7 Å². The van der Waals surface area contributed by atoms with Crippen LogP contribution in [0.4, 0.5) is 18.0 Å². The van der Waals surface area contributed by atoms with Crippen molar-refractivity contribution in [3.8, 4) is 5.75 Å². The van der Waals surface area contributed by atoms with E-state index in [1.165, 1.54) is 6.07 Å². The SMILES string of the molecule is CC1C(Oc2cc(C(F)(F)F)ccc2Br)CCN1C(=O)N1CC[C@@H]2OCC(=O)C[C@@H]2C1. The van der Waals surface area contributed by atoms with Gasteiger partial charge in [-0.25, -0.2) is 4.79 Å². The first-order valence-corrected chi connectivity index (χ1v) is 11.1. The minimum atomic E-state index is -4.46. The van der Waals surface area contributed by atoms with Crippen LogP contribution in [0.2, 0.25) is 0 Å². The third-order valence-corrected chi connectivity index (χ3v) is 7.00. The number of alkyl halides is 3. The molecule has 0 spiro atoms. The summed E-state index contributed by atoms with van der Waals surface area (Å²) in [5.41, 5.74) is -0.781. The Balaban J connectivity index is 1.41. The van der Waals surface area contributed by atoms with Gasteiger partial charge in [0.25, 0.3) is 0 Å². The highest BCUT2D eigenvalue weighted by molar-refractivity contribution is 9.10. The molecule has 3 aliphatic rings. The van der Waals surface area contributed by atoms with Gasteiger partial charge in [-0.3, -0.25) is 4.79 Å². The summed E-state index contributed by atoms with van der Waals surface area (Å²) in [6, 6.07) is 2.87. The standard InChI is InChI=1S/C21H24BrF3N2O4/c1-12-17(31-19-9-14(21(23,24)25)2-3-16(19)22)5-7-27(12)20(29)26-6-4-18-13(10-26)8-15(28)11-30-18/h2-3,9,12-13,17-18H,4-8,10-11H2,1H3/t12?,13-,17?,18+/m1/s1. The number of ether oxygens (including phenoxy) is 2. The number of nitrogens with zero attached hydrogens (tertiary/aromatic N) is 2. The smallest absolute Gasteiger partial charge is 0.416 e. The predicted octanol–water partition coefficient (Wildman–Crippen LogP) is 4.11. The summed E-state index contributed by atoms with van der Waals surface area (Å²) in [5.74, 6) is 0.190. The van der Waals surface area contributed by atoms with E-state index in [0.717, 1.165) is 12.1 Å². The van der Waals surface area contributed by atoms with Crippen LogP contribution in [0.3, 0.4) is 0 Å². The second-order valence-corrected chi connectivity index (χ2v) is 9.25. The summed E-state index contributed by atoms with van der Waals surface area (Å²) in [5, 5.41) is 0. The summed E-state index contributed by atoms with van der Waals surface area (Å²) in [6.45, 7) is 3.49. The first kappa shape index (κ1) is 22.4. The molecule has 0 aromatic heterocycles. The summed E-state index contributed by atoms with van der Waals surface area (Å²) in [4.78, 5) is 28.3. The van der Waals surface area contributed by atoms with Gasteiger partial charge in [0.05, 0.1) is 22.2 Å². The van der Waals surface area contributed by atoms with Crippen molar-refractivity contribution in [2.24, 2.45) is 5.92 Å². The lowest BCUT2D eigenvalue weighted by molar-refractivity contribution is -0.140. The van der Waals surface area contributed by atoms with Crippen LogP contribution < -0.4 is 4.74 Å². The molecule has 0 radical (unpaired) electrons. The zero-order chi connectivity index (χ0) is 22.3. The Kier molecular flexibility index (Phi) is 6.22. The zero-order valence-electron chi connectivity index (χ0n) is 17.0. The summed E-state index contributed by atoms with van der Waals surface area (Å²) >= 11 is 3.25. The van der Waals surface area contributed by atoms with Crippen molar-refractivity contribution in [1.82, 2.24) is 9.80 Å². The molecule has 0 saturated carbocycles. The minimum Gasteiger partial charge on any atom is -0.487 e. The highest BCUT2D eigenvalue weighted by Crippen LogP contribution is 2.37. The number of Topliss-reactive ketones (excluding diaryl/α,β-unsaturated/α-hetero) is 1. The lowest BCUT2D eigenvalue weighted by Gasteiger charge is -2.42. The maximum atomic E-state index is 13.1. The number of carbonyl (C=O) groups is 2. The van der Waals surface area contributed by atoms with Crippen molar-refractivity contribution in [2.75, 3.05) is 26.2 Å². The van der Waals surface area contributed by atoms with Crippen molar-refractivity contribution in [1.29, 1.82) is 0 Å². The molecule has 3 fully saturated rings. The van der Waals surface area contributed by atoms with Crippen LogP contribution in [0.15, 0.2) is 22.7 Å². The van der Waals surface area contributed by atoms with Crippen LogP contribution in [0, 0.1) is 5.92 Å². The molecule has 2 unspecified atom stereocenters. The van der Waals surface area contributed by atoms with Gasteiger partial charge in [-0.15, -0.1) is 0 Å². The maximum Gasteiger partial charge on any atom is 0.416 e. The number of ketones is 1. The van der Waals surface area contributed by atoms with Crippen LogP contribution in [-0.4, -0.2) is 66.1 Å². The van der Waals surface area contributed by atoms with Gasteiger partial charge in [-0.05, 0) is 47.5 Å². The quantitative estimate of drug-likeness (QED) is 0.608. The molecule has 10 heteroatoms. The molecule has 6 nitrogen and oxygen atoms in total. The van der Waals surface area contributed by atoms with Gasteiger partial charge in [-0.2, -0.15) is 13.2 Å².